The van der Waals surface area contributed by atoms with Gasteiger partial charge in [-0.15, -0.1) is 10.2 Å². The first-order valence-corrected chi connectivity index (χ1v) is 8.60. The number of halogens is 1. The predicted molar refractivity (Wildman–Crippen MR) is 88.9 cm³/mol. The van der Waals surface area contributed by atoms with E-state index in [9.17, 15) is 9.18 Å². The number of fused-ring (bicyclic) bond motifs is 4. The van der Waals surface area contributed by atoms with Gasteiger partial charge in [-0.25, -0.2) is 4.39 Å². The molecule has 3 aliphatic heterocycles. The summed E-state index contributed by atoms with van der Waals surface area (Å²) in [5, 5.41) is 12.2. The number of likely N-dealkylation sites (N-methyl/N-ethyl adjacent to an activating group) is 1. The van der Waals surface area contributed by atoms with E-state index in [1.165, 1.54) is 23.4 Å². The highest BCUT2D eigenvalue weighted by atomic mass is 19.1. The summed E-state index contributed by atoms with van der Waals surface area (Å²) in [6.07, 6.45) is 2.34. The summed E-state index contributed by atoms with van der Waals surface area (Å²) < 4.78 is 13.0. The highest BCUT2D eigenvalue weighted by molar-refractivity contribution is 5.76. The van der Waals surface area contributed by atoms with E-state index in [-0.39, 0.29) is 18.3 Å². The SMILES string of the molecule is CN1C[C@H]2CC[C@@H]1CN(C(=O)Cn1nnc(-c3ccc(F)cc3)n1)C2. The van der Waals surface area contributed by atoms with Crippen LogP contribution in [0.25, 0.3) is 11.4 Å². The van der Waals surface area contributed by atoms with Gasteiger partial charge in [0.15, 0.2) is 0 Å². The summed E-state index contributed by atoms with van der Waals surface area (Å²) in [5.74, 6) is 0.650. The van der Waals surface area contributed by atoms with Gasteiger partial charge < -0.3 is 9.80 Å². The number of carbonyl (C=O) groups excluding carboxylic acids is 1. The zero-order valence-corrected chi connectivity index (χ0v) is 14.2. The molecule has 1 aromatic carbocycles. The van der Waals surface area contributed by atoms with Gasteiger partial charge in [0, 0.05) is 31.2 Å². The number of nitrogens with zero attached hydrogens (tertiary/aromatic N) is 6. The third-order valence-corrected chi connectivity index (χ3v) is 5.17. The third kappa shape index (κ3) is 3.39. The summed E-state index contributed by atoms with van der Waals surface area (Å²) in [4.78, 5) is 18.3. The van der Waals surface area contributed by atoms with Crippen molar-refractivity contribution in [1.82, 2.24) is 30.0 Å². The highest BCUT2D eigenvalue weighted by Gasteiger charge is 2.34. The minimum atomic E-state index is -0.313. The zero-order valence-electron chi connectivity index (χ0n) is 14.2. The van der Waals surface area contributed by atoms with Gasteiger partial charge in [-0.05, 0) is 55.3 Å². The molecule has 4 heterocycles. The fourth-order valence-electron chi connectivity index (χ4n) is 3.77. The van der Waals surface area contributed by atoms with Crippen LogP contribution in [0.2, 0.25) is 0 Å². The Bertz CT molecular complexity index is 761. The summed E-state index contributed by atoms with van der Waals surface area (Å²) in [6, 6.07) is 6.35. The molecule has 25 heavy (non-hydrogen) atoms. The molecule has 0 N–H and O–H groups in total. The van der Waals surface area contributed by atoms with Crippen molar-refractivity contribution in [1.29, 1.82) is 0 Å². The second-order valence-corrected chi connectivity index (χ2v) is 6.99. The number of aromatic nitrogens is 4. The Kier molecular flexibility index (Phi) is 4.20. The average Bonchev–Trinajstić information content (AvgIpc) is 2.87. The van der Waals surface area contributed by atoms with Crippen molar-refractivity contribution < 1.29 is 9.18 Å². The van der Waals surface area contributed by atoms with Crippen molar-refractivity contribution in [2.45, 2.75) is 25.4 Å². The Morgan fingerprint density at radius 2 is 2.00 bits per heavy atom. The maximum atomic E-state index is 13.0. The van der Waals surface area contributed by atoms with E-state index < -0.39 is 0 Å². The van der Waals surface area contributed by atoms with Gasteiger partial charge in [-0.3, -0.25) is 4.79 Å². The van der Waals surface area contributed by atoms with Gasteiger partial charge in [-0.2, -0.15) is 4.80 Å². The van der Waals surface area contributed by atoms with Crippen LogP contribution in [0.4, 0.5) is 4.39 Å². The molecule has 5 rings (SSSR count). The van der Waals surface area contributed by atoms with Crippen molar-refractivity contribution in [2.75, 3.05) is 26.7 Å². The highest BCUT2D eigenvalue weighted by Crippen LogP contribution is 2.26. The maximum absolute atomic E-state index is 13.0. The third-order valence-electron chi connectivity index (χ3n) is 5.17. The van der Waals surface area contributed by atoms with Crippen LogP contribution in [-0.2, 0) is 11.3 Å². The van der Waals surface area contributed by atoms with Crippen LogP contribution in [0.15, 0.2) is 24.3 Å². The van der Waals surface area contributed by atoms with Gasteiger partial charge in [0.25, 0.3) is 0 Å². The quantitative estimate of drug-likeness (QED) is 0.832. The van der Waals surface area contributed by atoms with E-state index >= 15 is 0 Å². The lowest BCUT2D eigenvalue weighted by Gasteiger charge is -2.32. The Balaban J connectivity index is 1.44. The molecule has 132 valence electrons. The van der Waals surface area contributed by atoms with Crippen LogP contribution in [0.1, 0.15) is 12.8 Å². The lowest BCUT2D eigenvalue weighted by molar-refractivity contribution is -0.132. The largest absolute Gasteiger partial charge is 0.339 e. The van der Waals surface area contributed by atoms with Crippen molar-refractivity contribution in [3.63, 3.8) is 0 Å². The standard InChI is InChI=1S/C17H21FN6O/c1-22-8-12-2-7-15(22)10-23(9-12)16(25)11-24-20-17(19-21-24)13-3-5-14(18)6-4-13/h3-6,12,15H,2,7-11H2,1H3/t12-,15-/m1/s1. The molecule has 7 nitrogen and oxygen atoms in total. The lowest BCUT2D eigenvalue weighted by Crippen LogP contribution is -2.42. The molecule has 2 aromatic rings. The Labute approximate surface area is 145 Å². The molecule has 0 saturated carbocycles. The number of hydrogen-bond donors (Lipinski definition) is 0. The number of amides is 1. The molecule has 1 aromatic heterocycles. The number of piperidine rings is 1. The summed E-state index contributed by atoms with van der Waals surface area (Å²) >= 11 is 0. The smallest absolute Gasteiger partial charge is 0.246 e. The molecule has 1 amide bonds. The molecule has 2 bridgehead atoms. The van der Waals surface area contributed by atoms with Crippen molar-refractivity contribution in [3.05, 3.63) is 30.1 Å². The first-order chi connectivity index (χ1) is 12.1. The molecule has 0 aliphatic carbocycles. The molecular formula is C17H21FN6O. The molecule has 3 fully saturated rings. The molecule has 2 atom stereocenters. The normalized spacial score (nSPS) is 23.7. The van der Waals surface area contributed by atoms with Crippen LogP contribution in [0, 0.1) is 11.7 Å². The van der Waals surface area contributed by atoms with Gasteiger partial charge in [0.05, 0.1) is 0 Å². The van der Waals surface area contributed by atoms with Crippen LogP contribution >= 0.6 is 0 Å². The minimum Gasteiger partial charge on any atom is -0.339 e. The molecule has 8 heteroatoms. The van der Waals surface area contributed by atoms with Gasteiger partial charge in [-0.1, -0.05) is 0 Å². The van der Waals surface area contributed by atoms with E-state index in [2.05, 4.69) is 27.4 Å². The fraction of sp³-hybridized carbons (Fsp3) is 0.529. The topological polar surface area (TPSA) is 67.2 Å². The number of benzene rings is 1. The number of carbonyl (C=O) groups is 1. The van der Waals surface area contributed by atoms with Crippen molar-refractivity contribution >= 4 is 5.91 Å². The summed E-state index contributed by atoms with van der Waals surface area (Å²) in [7, 11) is 2.14. The van der Waals surface area contributed by atoms with Crippen LogP contribution < -0.4 is 0 Å². The van der Waals surface area contributed by atoms with E-state index in [4.69, 9.17) is 0 Å². The van der Waals surface area contributed by atoms with E-state index in [1.807, 2.05) is 4.90 Å². The first kappa shape index (κ1) is 16.1. The number of tetrazole rings is 1. The predicted octanol–water partition coefficient (Wildman–Crippen LogP) is 1.03. The van der Waals surface area contributed by atoms with Crippen molar-refractivity contribution in [2.24, 2.45) is 5.92 Å². The van der Waals surface area contributed by atoms with E-state index in [1.54, 1.807) is 12.1 Å². The average molecular weight is 344 g/mol. The second kappa shape index (κ2) is 6.51. The van der Waals surface area contributed by atoms with Crippen LogP contribution in [0.3, 0.4) is 0 Å². The van der Waals surface area contributed by atoms with Crippen LogP contribution in [0.5, 0.6) is 0 Å². The Hall–Kier alpha value is -2.35. The zero-order chi connectivity index (χ0) is 17.4. The van der Waals surface area contributed by atoms with E-state index in [0.29, 0.717) is 23.3 Å². The monoisotopic (exact) mass is 344 g/mol. The number of rotatable bonds is 3. The molecular weight excluding hydrogens is 323 g/mol. The molecule has 0 radical (unpaired) electrons. The van der Waals surface area contributed by atoms with Crippen LogP contribution in [-0.4, -0.2) is 68.6 Å². The van der Waals surface area contributed by atoms with Gasteiger partial charge in [0.2, 0.25) is 11.7 Å². The molecule has 3 saturated heterocycles. The first-order valence-electron chi connectivity index (χ1n) is 8.60. The molecule has 0 unspecified atom stereocenters. The molecule has 3 aliphatic rings. The van der Waals surface area contributed by atoms with Gasteiger partial charge >= 0.3 is 0 Å². The van der Waals surface area contributed by atoms with Gasteiger partial charge in [0.1, 0.15) is 12.4 Å². The molecule has 0 spiro atoms. The fourth-order valence-corrected chi connectivity index (χ4v) is 3.77. The second-order valence-electron chi connectivity index (χ2n) is 6.99. The Morgan fingerprint density at radius 1 is 1.20 bits per heavy atom. The minimum absolute atomic E-state index is 0.0234. The lowest BCUT2D eigenvalue weighted by atomic mass is 9.96. The Morgan fingerprint density at radius 3 is 2.76 bits per heavy atom. The summed E-state index contributed by atoms with van der Waals surface area (Å²) in [5.41, 5.74) is 0.676. The summed E-state index contributed by atoms with van der Waals surface area (Å²) in [6.45, 7) is 2.71. The maximum Gasteiger partial charge on any atom is 0.246 e. The number of hydrogen-bond acceptors (Lipinski definition) is 5. The van der Waals surface area contributed by atoms with E-state index in [0.717, 1.165) is 26.1 Å². The van der Waals surface area contributed by atoms with Crippen molar-refractivity contribution in [3.8, 4) is 11.4 Å².